The summed E-state index contributed by atoms with van der Waals surface area (Å²) in [5.74, 6) is 1.26. The van der Waals surface area contributed by atoms with Crippen molar-refractivity contribution in [2.45, 2.75) is 25.8 Å². The molecule has 2 aliphatic carbocycles. The van der Waals surface area contributed by atoms with Gasteiger partial charge in [0, 0.05) is 30.9 Å². The summed E-state index contributed by atoms with van der Waals surface area (Å²) in [5, 5.41) is 2.92. The maximum Gasteiger partial charge on any atom is 0.274 e. The minimum atomic E-state index is -0.224. The predicted molar refractivity (Wildman–Crippen MR) is 107 cm³/mol. The van der Waals surface area contributed by atoms with Crippen molar-refractivity contribution in [2.24, 2.45) is 17.8 Å². The highest BCUT2D eigenvalue weighted by molar-refractivity contribution is 6.02. The van der Waals surface area contributed by atoms with Crippen LogP contribution in [0, 0.1) is 17.8 Å². The predicted octanol–water partition coefficient (Wildman–Crippen LogP) is 3.43. The zero-order valence-corrected chi connectivity index (χ0v) is 15.7. The van der Waals surface area contributed by atoms with Crippen molar-refractivity contribution < 1.29 is 9.59 Å². The van der Waals surface area contributed by atoms with Crippen LogP contribution in [0.15, 0.2) is 54.7 Å². The summed E-state index contributed by atoms with van der Waals surface area (Å²) in [5.41, 5.74) is 3.51. The minimum absolute atomic E-state index is 0.156. The molecule has 1 fully saturated rings. The van der Waals surface area contributed by atoms with E-state index in [2.05, 4.69) is 28.5 Å². The van der Waals surface area contributed by atoms with E-state index in [0.717, 1.165) is 37.1 Å². The molecule has 142 valence electrons. The molecule has 2 aromatic rings. The molecule has 1 aromatic heterocycles. The first kappa shape index (κ1) is 17.2. The average molecular weight is 373 g/mol. The van der Waals surface area contributed by atoms with Crippen LogP contribution in [0.3, 0.4) is 0 Å². The van der Waals surface area contributed by atoms with Crippen LogP contribution < -0.4 is 5.32 Å². The van der Waals surface area contributed by atoms with Gasteiger partial charge in [-0.25, -0.2) is 0 Å². The fraction of sp³-hybridized carbons (Fsp3) is 0.348. The quantitative estimate of drug-likeness (QED) is 0.839. The Hall–Kier alpha value is -2.95. The van der Waals surface area contributed by atoms with Crippen molar-refractivity contribution >= 4 is 17.5 Å². The Kier molecular flexibility index (Phi) is 4.23. The topological polar surface area (TPSA) is 62.3 Å². The highest BCUT2D eigenvalue weighted by atomic mass is 16.2. The number of nitrogens with one attached hydrogen (secondary N) is 1. The van der Waals surface area contributed by atoms with Gasteiger partial charge in [0.15, 0.2) is 0 Å². The number of benzene rings is 1. The summed E-state index contributed by atoms with van der Waals surface area (Å²) in [6.07, 6.45) is 9.13. The number of fused-ring (bicyclic) bond motifs is 3. The van der Waals surface area contributed by atoms with Gasteiger partial charge in [-0.1, -0.05) is 24.3 Å². The first-order chi connectivity index (χ1) is 13.7. The number of carbonyl (C=O) groups excluding carboxylic acids is 2. The molecule has 28 heavy (non-hydrogen) atoms. The van der Waals surface area contributed by atoms with E-state index in [1.807, 2.05) is 17.0 Å². The van der Waals surface area contributed by atoms with E-state index in [1.54, 1.807) is 24.4 Å². The van der Waals surface area contributed by atoms with E-state index in [1.165, 1.54) is 5.56 Å². The van der Waals surface area contributed by atoms with Crippen molar-refractivity contribution in [3.8, 4) is 0 Å². The molecule has 2 amide bonds. The van der Waals surface area contributed by atoms with E-state index in [4.69, 9.17) is 0 Å². The lowest BCUT2D eigenvalue weighted by Crippen LogP contribution is -2.41. The summed E-state index contributed by atoms with van der Waals surface area (Å²) in [6.45, 7) is 1.40. The number of allylic oxidation sites excluding steroid dienone is 2. The van der Waals surface area contributed by atoms with E-state index in [9.17, 15) is 9.59 Å². The number of carbonyl (C=O) groups is 2. The highest BCUT2D eigenvalue weighted by Crippen LogP contribution is 2.44. The molecule has 0 radical (unpaired) electrons. The SMILES string of the molecule is O=C(Nc1ccc2c(c1)CN(C(=O)[C@@H]1C[C@@H]3C=C[C@H]1C3)CC2)c1ccccn1. The number of pyridine rings is 1. The van der Waals surface area contributed by atoms with Crippen LogP contribution in [-0.2, 0) is 17.8 Å². The second kappa shape index (κ2) is 6.89. The number of hydrogen-bond donors (Lipinski definition) is 1. The maximum atomic E-state index is 13.1. The maximum absolute atomic E-state index is 13.1. The van der Waals surface area contributed by atoms with Crippen molar-refractivity contribution in [2.75, 3.05) is 11.9 Å². The molecule has 1 aliphatic heterocycles. The van der Waals surface area contributed by atoms with Crippen molar-refractivity contribution in [1.82, 2.24) is 9.88 Å². The molecule has 0 saturated heterocycles. The summed E-state index contributed by atoms with van der Waals surface area (Å²) in [7, 11) is 0. The minimum Gasteiger partial charge on any atom is -0.338 e. The summed E-state index contributed by atoms with van der Waals surface area (Å²) >= 11 is 0. The van der Waals surface area contributed by atoms with Gasteiger partial charge in [-0.3, -0.25) is 14.6 Å². The second-order valence-electron chi connectivity index (χ2n) is 8.05. The van der Waals surface area contributed by atoms with E-state index in [0.29, 0.717) is 30.0 Å². The number of anilines is 1. The standard InChI is InChI=1S/C23H23N3O2/c27-22(21-3-1-2-9-24-21)25-19-7-6-16-8-10-26(14-18(16)13-19)23(28)20-12-15-4-5-17(20)11-15/h1-7,9,13,15,17,20H,8,10-12,14H2,(H,25,27)/t15-,17+,20-/m1/s1. The van der Waals surface area contributed by atoms with Crippen molar-refractivity contribution in [3.05, 3.63) is 71.6 Å². The van der Waals surface area contributed by atoms with Crippen LogP contribution in [0.4, 0.5) is 5.69 Å². The normalized spacial score (nSPS) is 24.9. The van der Waals surface area contributed by atoms with Crippen LogP contribution in [0.2, 0.25) is 0 Å². The summed E-state index contributed by atoms with van der Waals surface area (Å²) in [4.78, 5) is 31.5. The molecule has 1 aromatic carbocycles. The van der Waals surface area contributed by atoms with Gasteiger partial charge in [-0.2, -0.15) is 0 Å². The molecule has 2 bridgehead atoms. The lowest BCUT2D eigenvalue weighted by atomic mass is 9.90. The fourth-order valence-electron chi connectivity index (χ4n) is 4.81. The van der Waals surface area contributed by atoms with Crippen LogP contribution in [0.1, 0.15) is 34.5 Å². The van der Waals surface area contributed by atoms with Gasteiger partial charge >= 0.3 is 0 Å². The van der Waals surface area contributed by atoms with Gasteiger partial charge < -0.3 is 10.2 Å². The monoisotopic (exact) mass is 373 g/mol. The number of rotatable bonds is 3. The van der Waals surface area contributed by atoms with Gasteiger partial charge in [0.25, 0.3) is 5.91 Å². The molecule has 5 rings (SSSR count). The molecular weight excluding hydrogens is 350 g/mol. The summed E-state index contributed by atoms with van der Waals surface area (Å²) < 4.78 is 0. The lowest BCUT2D eigenvalue weighted by Gasteiger charge is -2.32. The number of aromatic nitrogens is 1. The number of amides is 2. The first-order valence-corrected chi connectivity index (χ1v) is 9.98. The molecule has 1 saturated carbocycles. The third-order valence-corrected chi connectivity index (χ3v) is 6.28. The van der Waals surface area contributed by atoms with Gasteiger partial charge in [-0.05, 0) is 66.5 Å². The third kappa shape index (κ3) is 3.11. The third-order valence-electron chi connectivity index (χ3n) is 6.28. The van der Waals surface area contributed by atoms with Crippen LogP contribution >= 0.6 is 0 Å². The highest BCUT2D eigenvalue weighted by Gasteiger charge is 2.41. The van der Waals surface area contributed by atoms with Gasteiger partial charge in [-0.15, -0.1) is 0 Å². The molecule has 0 unspecified atom stereocenters. The van der Waals surface area contributed by atoms with E-state index >= 15 is 0 Å². The zero-order chi connectivity index (χ0) is 19.1. The Balaban J connectivity index is 1.30. The van der Waals surface area contributed by atoms with E-state index in [-0.39, 0.29) is 11.8 Å². The molecule has 3 atom stereocenters. The molecule has 3 aliphatic rings. The molecule has 1 N–H and O–H groups in total. The number of hydrogen-bond acceptors (Lipinski definition) is 3. The number of nitrogens with zero attached hydrogens (tertiary/aromatic N) is 2. The van der Waals surface area contributed by atoms with Crippen LogP contribution in [0.5, 0.6) is 0 Å². The fourth-order valence-corrected chi connectivity index (χ4v) is 4.81. The second-order valence-corrected chi connectivity index (χ2v) is 8.05. The molecule has 5 heteroatoms. The van der Waals surface area contributed by atoms with Gasteiger partial charge in [0.05, 0.1) is 0 Å². The smallest absolute Gasteiger partial charge is 0.274 e. The Morgan fingerprint density at radius 3 is 2.75 bits per heavy atom. The molecular formula is C23H23N3O2. The van der Waals surface area contributed by atoms with Crippen LogP contribution in [-0.4, -0.2) is 28.2 Å². The Morgan fingerprint density at radius 2 is 2.00 bits per heavy atom. The first-order valence-electron chi connectivity index (χ1n) is 9.98. The zero-order valence-electron chi connectivity index (χ0n) is 15.7. The van der Waals surface area contributed by atoms with Gasteiger partial charge in [0.1, 0.15) is 5.69 Å². The molecule has 0 spiro atoms. The molecule has 2 heterocycles. The van der Waals surface area contributed by atoms with Crippen LogP contribution in [0.25, 0.3) is 0 Å². The Morgan fingerprint density at radius 1 is 1.07 bits per heavy atom. The Labute approximate surface area is 164 Å². The largest absolute Gasteiger partial charge is 0.338 e. The molecule has 5 nitrogen and oxygen atoms in total. The average Bonchev–Trinajstić information content (AvgIpc) is 3.37. The van der Waals surface area contributed by atoms with Gasteiger partial charge in [0.2, 0.25) is 5.91 Å². The van der Waals surface area contributed by atoms with Crippen molar-refractivity contribution in [3.63, 3.8) is 0 Å². The van der Waals surface area contributed by atoms with E-state index < -0.39 is 0 Å². The Bertz CT molecular complexity index is 954. The lowest BCUT2D eigenvalue weighted by molar-refractivity contribution is -0.137. The van der Waals surface area contributed by atoms with Crippen molar-refractivity contribution in [1.29, 1.82) is 0 Å². The summed E-state index contributed by atoms with van der Waals surface area (Å²) in [6, 6.07) is 11.3.